The maximum Gasteiger partial charge on any atom is 0.254 e. The number of aromatic amines is 1. The zero-order chi connectivity index (χ0) is 18.1. The number of aromatic nitrogens is 2. The molecular formula is C20H21ClN4O. The number of fused-ring (bicyclic) bond motifs is 1. The first-order valence-corrected chi connectivity index (χ1v) is 9.31. The molecule has 1 atom stereocenters. The predicted octanol–water partition coefficient (Wildman–Crippen LogP) is 4.56. The van der Waals surface area contributed by atoms with Crippen LogP contribution in [0.15, 0.2) is 42.5 Å². The lowest BCUT2D eigenvalue weighted by Gasteiger charge is -2.30. The summed E-state index contributed by atoms with van der Waals surface area (Å²) in [6, 6.07) is 13.4. The molecule has 0 aliphatic carbocycles. The van der Waals surface area contributed by atoms with Crippen molar-refractivity contribution < 1.29 is 4.79 Å². The highest BCUT2D eigenvalue weighted by molar-refractivity contribution is 6.30. The molecule has 3 N–H and O–H groups in total. The summed E-state index contributed by atoms with van der Waals surface area (Å²) in [5.41, 5.74) is 8.52. The number of H-pyrrole nitrogens is 1. The highest BCUT2D eigenvalue weighted by Gasteiger charge is 2.27. The first kappa shape index (κ1) is 16.9. The molecule has 1 fully saturated rings. The Balaban J connectivity index is 1.69. The van der Waals surface area contributed by atoms with Crippen LogP contribution in [-0.4, -0.2) is 27.5 Å². The molecule has 5 nitrogen and oxygen atoms in total. The van der Waals surface area contributed by atoms with E-state index in [2.05, 4.69) is 10.2 Å². The number of anilines is 1. The number of rotatable bonds is 2. The first-order chi connectivity index (χ1) is 12.6. The van der Waals surface area contributed by atoms with Gasteiger partial charge in [-0.05, 0) is 48.7 Å². The van der Waals surface area contributed by atoms with Gasteiger partial charge in [0.05, 0.1) is 11.6 Å². The summed E-state index contributed by atoms with van der Waals surface area (Å²) in [5.74, 6) is 0.453. The van der Waals surface area contributed by atoms with E-state index in [9.17, 15) is 4.79 Å². The summed E-state index contributed by atoms with van der Waals surface area (Å²) in [7, 11) is 0. The van der Waals surface area contributed by atoms with Gasteiger partial charge in [-0.3, -0.25) is 9.89 Å². The minimum Gasteiger partial charge on any atom is -0.382 e. The van der Waals surface area contributed by atoms with Gasteiger partial charge in [0.1, 0.15) is 0 Å². The van der Waals surface area contributed by atoms with Crippen molar-refractivity contribution in [2.45, 2.75) is 31.7 Å². The number of nitrogens with zero attached hydrogens (tertiary/aromatic N) is 2. The molecule has 1 aromatic heterocycles. The maximum atomic E-state index is 13.3. The van der Waals surface area contributed by atoms with E-state index in [0.717, 1.165) is 48.7 Å². The van der Waals surface area contributed by atoms with E-state index in [1.807, 2.05) is 47.4 Å². The molecule has 0 radical (unpaired) electrons. The topological polar surface area (TPSA) is 75.0 Å². The van der Waals surface area contributed by atoms with Crippen molar-refractivity contribution in [2.75, 3.05) is 12.3 Å². The molecule has 2 aromatic carbocycles. The highest BCUT2D eigenvalue weighted by atomic mass is 35.5. The molecule has 0 saturated carbocycles. The predicted molar refractivity (Wildman–Crippen MR) is 104 cm³/mol. The summed E-state index contributed by atoms with van der Waals surface area (Å²) < 4.78 is 0. The number of hydrogen-bond acceptors (Lipinski definition) is 3. The van der Waals surface area contributed by atoms with Crippen molar-refractivity contribution in [3.63, 3.8) is 0 Å². The molecule has 1 aliphatic heterocycles. The van der Waals surface area contributed by atoms with Gasteiger partial charge in [-0.2, -0.15) is 5.10 Å². The molecule has 134 valence electrons. The normalized spacial score (nSPS) is 18.0. The van der Waals surface area contributed by atoms with Gasteiger partial charge in [-0.25, -0.2) is 0 Å². The van der Waals surface area contributed by atoms with Crippen LogP contribution in [0.1, 0.15) is 47.6 Å². The van der Waals surface area contributed by atoms with Crippen LogP contribution in [0.25, 0.3) is 10.9 Å². The number of hydrogen-bond donors (Lipinski definition) is 2. The van der Waals surface area contributed by atoms with Gasteiger partial charge in [-0.1, -0.05) is 36.6 Å². The van der Waals surface area contributed by atoms with Gasteiger partial charge in [0.15, 0.2) is 5.82 Å². The number of amides is 1. The molecule has 0 bridgehead atoms. The average molecular weight is 369 g/mol. The zero-order valence-corrected chi connectivity index (χ0v) is 15.2. The second-order valence-corrected chi connectivity index (χ2v) is 7.22. The number of nitrogens with one attached hydrogen (secondary N) is 1. The van der Waals surface area contributed by atoms with Crippen molar-refractivity contribution >= 4 is 34.2 Å². The van der Waals surface area contributed by atoms with Crippen LogP contribution in [0.2, 0.25) is 5.02 Å². The van der Waals surface area contributed by atoms with Crippen LogP contribution < -0.4 is 5.73 Å². The molecule has 6 heteroatoms. The molecule has 1 unspecified atom stereocenters. The fraction of sp³-hybridized carbons (Fsp3) is 0.300. The fourth-order valence-corrected chi connectivity index (χ4v) is 3.84. The third kappa shape index (κ3) is 3.15. The molecule has 1 aliphatic rings. The monoisotopic (exact) mass is 368 g/mol. The smallest absolute Gasteiger partial charge is 0.254 e. The van der Waals surface area contributed by atoms with Crippen LogP contribution in [-0.2, 0) is 0 Å². The van der Waals surface area contributed by atoms with E-state index < -0.39 is 0 Å². The van der Waals surface area contributed by atoms with Crippen molar-refractivity contribution in [3.05, 3.63) is 58.6 Å². The van der Waals surface area contributed by atoms with Crippen molar-refractivity contribution in [1.82, 2.24) is 15.1 Å². The van der Waals surface area contributed by atoms with Crippen LogP contribution in [0.3, 0.4) is 0 Å². The summed E-state index contributed by atoms with van der Waals surface area (Å²) in [4.78, 5) is 15.3. The van der Waals surface area contributed by atoms with Gasteiger partial charge >= 0.3 is 0 Å². The van der Waals surface area contributed by atoms with E-state index in [1.165, 1.54) is 0 Å². The van der Waals surface area contributed by atoms with E-state index in [-0.39, 0.29) is 11.9 Å². The van der Waals surface area contributed by atoms with E-state index in [4.69, 9.17) is 17.3 Å². The lowest BCUT2D eigenvalue weighted by molar-refractivity contribution is 0.0681. The van der Waals surface area contributed by atoms with E-state index in [1.54, 1.807) is 0 Å². The standard InChI is InChI=1S/C20H21ClN4O/c21-15-8-5-13(6-9-15)18-4-2-1-3-11-25(18)20(26)14-7-10-17-16(12-14)19(22)24-23-17/h5-10,12,18H,1-4,11H2,(H3,22,23,24). The third-order valence-electron chi connectivity index (χ3n) is 5.11. The number of nitrogens with two attached hydrogens (primary N) is 1. The van der Waals surface area contributed by atoms with Crippen LogP contribution in [0, 0.1) is 0 Å². The molecule has 1 saturated heterocycles. The summed E-state index contributed by atoms with van der Waals surface area (Å²) in [6.45, 7) is 0.755. The lowest BCUT2D eigenvalue weighted by atomic mass is 10.00. The Kier molecular flexibility index (Phi) is 4.55. The van der Waals surface area contributed by atoms with Crippen molar-refractivity contribution in [3.8, 4) is 0 Å². The Hall–Kier alpha value is -2.53. The van der Waals surface area contributed by atoms with Gasteiger partial charge in [-0.15, -0.1) is 0 Å². The van der Waals surface area contributed by atoms with Crippen molar-refractivity contribution in [2.24, 2.45) is 0 Å². The van der Waals surface area contributed by atoms with E-state index >= 15 is 0 Å². The quantitative estimate of drug-likeness (QED) is 0.696. The average Bonchev–Trinajstić information content (AvgIpc) is 2.87. The lowest BCUT2D eigenvalue weighted by Crippen LogP contribution is -2.34. The second kappa shape index (κ2) is 7.00. The highest BCUT2D eigenvalue weighted by Crippen LogP contribution is 2.32. The second-order valence-electron chi connectivity index (χ2n) is 6.78. The molecule has 4 rings (SSSR count). The van der Waals surface area contributed by atoms with Gasteiger partial charge in [0.25, 0.3) is 5.91 Å². The minimum absolute atomic E-state index is 0.0364. The minimum atomic E-state index is 0.0364. The Morgan fingerprint density at radius 2 is 1.96 bits per heavy atom. The third-order valence-corrected chi connectivity index (χ3v) is 5.36. The van der Waals surface area contributed by atoms with Gasteiger partial charge in [0, 0.05) is 22.5 Å². The molecule has 2 heterocycles. The Labute approximate surface area is 157 Å². The first-order valence-electron chi connectivity index (χ1n) is 8.93. The number of halogens is 1. The van der Waals surface area contributed by atoms with Gasteiger partial charge in [0.2, 0.25) is 0 Å². The Morgan fingerprint density at radius 3 is 2.77 bits per heavy atom. The van der Waals surface area contributed by atoms with Crippen LogP contribution in [0.5, 0.6) is 0 Å². The van der Waals surface area contributed by atoms with Gasteiger partial charge < -0.3 is 10.6 Å². The summed E-state index contributed by atoms with van der Waals surface area (Å²) in [6.07, 6.45) is 4.24. The number of carbonyl (C=O) groups is 1. The number of benzene rings is 2. The maximum absolute atomic E-state index is 13.3. The van der Waals surface area contributed by atoms with E-state index in [0.29, 0.717) is 16.4 Å². The zero-order valence-electron chi connectivity index (χ0n) is 14.4. The number of carbonyl (C=O) groups excluding carboxylic acids is 1. The summed E-state index contributed by atoms with van der Waals surface area (Å²) in [5, 5.41) is 8.38. The number of nitrogen functional groups attached to an aromatic ring is 1. The van der Waals surface area contributed by atoms with Crippen LogP contribution in [0.4, 0.5) is 5.82 Å². The van der Waals surface area contributed by atoms with Crippen molar-refractivity contribution in [1.29, 1.82) is 0 Å². The Morgan fingerprint density at radius 1 is 1.15 bits per heavy atom. The SMILES string of the molecule is Nc1n[nH]c2ccc(C(=O)N3CCCCCC3c3ccc(Cl)cc3)cc12. The molecular weight excluding hydrogens is 348 g/mol. The number of likely N-dealkylation sites (tertiary alicyclic amines) is 1. The largest absolute Gasteiger partial charge is 0.382 e. The fourth-order valence-electron chi connectivity index (χ4n) is 3.72. The molecule has 3 aromatic rings. The van der Waals surface area contributed by atoms with Crippen LogP contribution >= 0.6 is 11.6 Å². The molecule has 26 heavy (non-hydrogen) atoms. The Bertz CT molecular complexity index is 935. The molecule has 0 spiro atoms. The molecule has 1 amide bonds. The summed E-state index contributed by atoms with van der Waals surface area (Å²) >= 11 is 6.04.